The number of hydrogen-bond donors (Lipinski definition) is 0. The third-order valence-electron chi connectivity index (χ3n) is 5.48. The van der Waals surface area contributed by atoms with E-state index >= 15 is 0 Å². The standard InChI is InChI=1S/C23H29N3O4S/c1-16-6-8-20(17(2)14-16)25-10-12-26(13-11-25)31(29)19-7-9-21(18(3)15-19)30-23(4,5)22(27)24-28/h6-9,14-15H,10-13H2,1-5H3. The molecule has 1 aliphatic heterocycles. The number of carbonyl (C=O) groups is 1. The van der Waals surface area contributed by atoms with Gasteiger partial charge in [-0.25, -0.2) is 8.51 Å². The maximum absolute atomic E-state index is 13.1. The molecule has 1 amide bonds. The summed E-state index contributed by atoms with van der Waals surface area (Å²) in [5.41, 5.74) is 3.13. The van der Waals surface area contributed by atoms with Crippen molar-refractivity contribution >= 4 is 22.6 Å². The summed E-state index contributed by atoms with van der Waals surface area (Å²) in [5, 5.41) is 2.46. The van der Waals surface area contributed by atoms with Crippen LogP contribution in [0.25, 0.3) is 0 Å². The van der Waals surface area contributed by atoms with Crippen molar-refractivity contribution in [2.45, 2.75) is 45.1 Å². The SMILES string of the molecule is Cc1ccc(N2CCN(S(=O)c3ccc(OC(C)(C)C(=O)N=O)c(C)c3)CC2)c(C)c1. The molecule has 1 heterocycles. The van der Waals surface area contributed by atoms with Crippen molar-refractivity contribution in [2.75, 3.05) is 31.1 Å². The molecule has 166 valence electrons. The molecule has 0 N–H and O–H groups in total. The van der Waals surface area contributed by atoms with Gasteiger partial charge in [-0.3, -0.25) is 4.79 Å². The number of carbonyl (C=O) groups excluding carboxylic acids is 1. The van der Waals surface area contributed by atoms with Crippen molar-refractivity contribution in [3.63, 3.8) is 0 Å². The lowest BCUT2D eigenvalue weighted by molar-refractivity contribution is -0.130. The number of anilines is 1. The summed E-state index contributed by atoms with van der Waals surface area (Å²) in [7, 11) is -1.29. The van der Waals surface area contributed by atoms with Crippen molar-refractivity contribution in [1.82, 2.24) is 4.31 Å². The Balaban J connectivity index is 1.66. The highest BCUT2D eigenvalue weighted by molar-refractivity contribution is 7.82. The molecule has 2 aromatic rings. The molecule has 0 saturated carbocycles. The lowest BCUT2D eigenvalue weighted by Gasteiger charge is -2.36. The van der Waals surface area contributed by atoms with E-state index in [0.717, 1.165) is 18.7 Å². The first-order chi connectivity index (χ1) is 14.6. The Morgan fingerprint density at radius 1 is 1.00 bits per heavy atom. The first-order valence-corrected chi connectivity index (χ1v) is 11.4. The van der Waals surface area contributed by atoms with Gasteiger partial charge in [0.2, 0.25) is 0 Å². The smallest absolute Gasteiger partial charge is 0.328 e. The molecule has 0 bridgehead atoms. The van der Waals surface area contributed by atoms with Crippen LogP contribution in [0.5, 0.6) is 5.75 Å². The van der Waals surface area contributed by atoms with E-state index in [-0.39, 0.29) is 0 Å². The third-order valence-corrected chi connectivity index (χ3v) is 6.97. The van der Waals surface area contributed by atoms with Gasteiger partial charge in [0.25, 0.3) is 0 Å². The molecule has 1 fully saturated rings. The Morgan fingerprint density at radius 3 is 2.26 bits per heavy atom. The molecule has 0 radical (unpaired) electrons. The fourth-order valence-corrected chi connectivity index (χ4v) is 4.93. The molecule has 1 atom stereocenters. The van der Waals surface area contributed by atoms with Crippen LogP contribution >= 0.6 is 0 Å². The number of benzene rings is 2. The van der Waals surface area contributed by atoms with E-state index in [1.165, 1.54) is 30.7 Å². The summed E-state index contributed by atoms with van der Waals surface area (Å²) >= 11 is 0. The molecule has 2 aromatic carbocycles. The zero-order valence-corrected chi connectivity index (χ0v) is 19.5. The van der Waals surface area contributed by atoms with Gasteiger partial charge in [0.1, 0.15) is 16.7 Å². The molecule has 1 saturated heterocycles. The monoisotopic (exact) mass is 443 g/mol. The Hall–Kier alpha value is -2.58. The van der Waals surface area contributed by atoms with E-state index in [2.05, 4.69) is 42.1 Å². The summed E-state index contributed by atoms with van der Waals surface area (Å²) in [4.78, 5) is 25.2. The first-order valence-electron chi connectivity index (χ1n) is 10.3. The van der Waals surface area contributed by atoms with E-state index in [1.54, 1.807) is 18.2 Å². The Bertz CT molecular complexity index is 1010. The Labute approximate surface area is 185 Å². The quantitative estimate of drug-likeness (QED) is 0.633. The minimum atomic E-state index is -1.35. The van der Waals surface area contributed by atoms with Gasteiger partial charge in [0.05, 0.1) is 4.90 Å². The van der Waals surface area contributed by atoms with Crippen LogP contribution in [0.15, 0.2) is 46.5 Å². The number of nitroso groups, excluding NO2 is 1. The Morgan fingerprint density at radius 2 is 1.68 bits per heavy atom. The van der Waals surface area contributed by atoms with E-state index in [9.17, 15) is 13.9 Å². The van der Waals surface area contributed by atoms with Gasteiger partial charge in [0, 0.05) is 37.0 Å². The van der Waals surface area contributed by atoms with Gasteiger partial charge < -0.3 is 9.64 Å². The largest absolute Gasteiger partial charge is 0.478 e. The number of aryl methyl sites for hydroxylation is 3. The molecule has 8 heteroatoms. The molecule has 7 nitrogen and oxygen atoms in total. The molecule has 1 aliphatic rings. The molecule has 1 unspecified atom stereocenters. The van der Waals surface area contributed by atoms with Crippen molar-refractivity contribution in [1.29, 1.82) is 0 Å². The van der Waals surface area contributed by atoms with Crippen LogP contribution in [0.4, 0.5) is 5.69 Å². The van der Waals surface area contributed by atoms with Crippen molar-refractivity contribution in [3.8, 4) is 5.75 Å². The highest BCUT2D eigenvalue weighted by Gasteiger charge is 2.32. The lowest BCUT2D eigenvalue weighted by Crippen LogP contribution is -2.47. The number of amides is 1. The summed E-state index contributed by atoms with van der Waals surface area (Å²) in [6, 6.07) is 11.7. The van der Waals surface area contributed by atoms with Crippen LogP contribution in [0, 0.1) is 25.7 Å². The highest BCUT2D eigenvalue weighted by atomic mass is 32.2. The number of nitrogens with zero attached hydrogens (tertiary/aromatic N) is 3. The molecule has 3 rings (SSSR count). The van der Waals surface area contributed by atoms with Gasteiger partial charge in [-0.15, -0.1) is 4.91 Å². The maximum atomic E-state index is 13.1. The summed E-state index contributed by atoms with van der Waals surface area (Å²) in [5.74, 6) is -0.413. The van der Waals surface area contributed by atoms with E-state index < -0.39 is 22.5 Å². The fourth-order valence-electron chi connectivity index (χ4n) is 3.68. The minimum Gasteiger partial charge on any atom is -0.478 e. The molecule has 0 aliphatic carbocycles. The predicted molar refractivity (Wildman–Crippen MR) is 123 cm³/mol. The number of rotatable bonds is 6. The van der Waals surface area contributed by atoms with Crippen molar-refractivity contribution in [2.24, 2.45) is 5.18 Å². The number of ether oxygens (including phenoxy) is 1. The zero-order chi connectivity index (χ0) is 22.8. The maximum Gasteiger partial charge on any atom is 0.328 e. The second-order valence-corrected chi connectivity index (χ2v) is 9.88. The molecular weight excluding hydrogens is 414 g/mol. The number of hydrogen-bond acceptors (Lipinski definition) is 5. The van der Waals surface area contributed by atoms with Gasteiger partial charge in [-0.05, 0) is 70.0 Å². The van der Waals surface area contributed by atoms with E-state index in [4.69, 9.17) is 4.74 Å². The summed E-state index contributed by atoms with van der Waals surface area (Å²) < 4.78 is 20.8. The molecule has 0 spiro atoms. The Kier molecular flexibility index (Phi) is 6.91. The van der Waals surface area contributed by atoms with Crippen LogP contribution in [0.1, 0.15) is 30.5 Å². The van der Waals surface area contributed by atoms with Gasteiger partial charge >= 0.3 is 5.91 Å². The van der Waals surface area contributed by atoms with Crippen LogP contribution in [0.3, 0.4) is 0 Å². The zero-order valence-electron chi connectivity index (χ0n) is 18.7. The lowest BCUT2D eigenvalue weighted by atomic mass is 10.1. The van der Waals surface area contributed by atoms with Gasteiger partial charge in [0.15, 0.2) is 5.60 Å². The highest BCUT2D eigenvalue weighted by Crippen LogP contribution is 2.28. The van der Waals surface area contributed by atoms with Crippen LogP contribution in [0.2, 0.25) is 0 Å². The molecule has 0 aromatic heterocycles. The predicted octanol–water partition coefficient (Wildman–Crippen LogP) is 3.91. The fraction of sp³-hybridized carbons (Fsp3) is 0.435. The van der Waals surface area contributed by atoms with Crippen LogP contribution in [-0.2, 0) is 15.8 Å². The topological polar surface area (TPSA) is 79.3 Å². The average Bonchev–Trinajstić information content (AvgIpc) is 2.74. The summed E-state index contributed by atoms with van der Waals surface area (Å²) in [6.45, 7) is 12.1. The van der Waals surface area contributed by atoms with Crippen LogP contribution in [-0.4, -0.2) is 46.2 Å². The van der Waals surface area contributed by atoms with E-state index in [1.807, 2.05) is 11.2 Å². The normalized spacial score (nSPS) is 16.1. The average molecular weight is 444 g/mol. The van der Waals surface area contributed by atoms with E-state index in [0.29, 0.717) is 23.7 Å². The third kappa shape index (κ3) is 5.19. The summed E-state index contributed by atoms with van der Waals surface area (Å²) in [6.07, 6.45) is 0. The minimum absolute atomic E-state index is 0.461. The second kappa shape index (κ2) is 9.28. The van der Waals surface area contributed by atoms with Crippen LogP contribution < -0.4 is 9.64 Å². The van der Waals surface area contributed by atoms with Gasteiger partial charge in [-0.2, -0.15) is 0 Å². The molecule has 31 heavy (non-hydrogen) atoms. The molecular formula is C23H29N3O4S. The second-order valence-electron chi connectivity index (χ2n) is 8.39. The van der Waals surface area contributed by atoms with Crippen molar-refractivity contribution < 1.29 is 13.7 Å². The first kappa shape index (κ1) is 23.1. The van der Waals surface area contributed by atoms with Crippen molar-refractivity contribution in [3.05, 3.63) is 58.0 Å². The number of piperazine rings is 1. The van der Waals surface area contributed by atoms with Gasteiger partial charge in [-0.1, -0.05) is 17.7 Å².